The van der Waals surface area contributed by atoms with Gasteiger partial charge in [0, 0.05) is 18.0 Å². The summed E-state index contributed by atoms with van der Waals surface area (Å²) in [6.07, 6.45) is 2.29. The van der Waals surface area contributed by atoms with Gasteiger partial charge in [-0.2, -0.15) is 4.99 Å². The first-order valence-corrected chi connectivity index (χ1v) is 8.69. The number of amides is 1. The molecule has 21 heavy (non-hydrogen) atoms. The van der Waals surface area contributed by atoms with Gasteiger partial charge in [-0.1, -0.05) is 0 Å². The molecule has 0 saturated carbocycles. The van der Waals surface area contributed by atoms with Crippen molar-refractivity contribution in [1.82, 2.24) is 4.90 Å². The lowest BCUT2D eigenvalue weighted by Crippen LogP contribution is -2.47. The monoisotopic (exact) mass is 322 g/mol. The van der Waals surface area contributed by atoms with E-state index in [0.717, 1.165) is 23.1 Å². The predicted octanol–water partition coefficient (Wildman–Crippen LogP) is 3.14. The molecule has 1 amide bonds. The van der Waals surface area contributed by atoms with Crippen molar-refractivity contribution < 1.29 is 9.53 Å². The topological polar surface area (TPSA) is 41.9 Å². The molecule has 2 atom stereocenters. The minimum atomic E-state index is -0.130. The molecule has 1 fully saturated rings. The van der Waals surface area contributed by atoms with Crippen LogP contribution in [0.5, 0.6) is 0 Å². The van der Waals surface area contributed by atoms with Crippen LogP contribution in [0.15, 0.2) is 21.3 Å². The van der Waals surface area contributed by atoms with Gasteiger partial charge in [0.2, 0.25) is 0 Å². The molecule has 112 valence electrons. The number of hydrogen-bond acceptors (Lipinski definition) is 5. The van der Waals surface area contributed by atoms with Crippen LogP contribution in [0.25, 0.3) is 6.08 Å². The van der Waals surface area contributed by atoms with Gasteiger partial charge >= 0.3 is 0 Å². The highest BCUT2D eigenvalue weighted by atomic mass is 32.2. The maximum absolute atomic E-state index is 12.1. The van der Waals surface area contributed by atoms with Crippen molar-refractivity contribution in [2.24, 2.45) is 4.99 Å². The first-order chi connectivity index (χ1) is 10.0. The summed E-state index contributed by atoms with van der Waals surface area (Å²) in [7, 11) is 0. The van der Waals surface area contributed by atoms with Gasteiger partial charge < -0.3 is 9.64 Å². The maximum atomic E-state index is 12.1. The number of aryl methyl sites for hydroxylation is 1. The van der Waals surface area contributed by atoms with Crippen LogP contribution in [0.1, 0.15) is 24.3 Å². The van der Waals surface area contributed by atoms with E-state index in [1.807, 2.05) is 11.5 Å². The highest BCUT2D eigenvalue weighted by Crippen LogP contribution is 2.33. The summed E-state index contributed by atoms with van der Waals surface area (Å²) in [5.41, 5.74) is 1.20. The van der Waals surface area contributed by atoms with Gasteiger partial charge in [-0.05, 0) is 55.6 Å². The number of thioether (sulfide) groups is 1. The normalized spacial score (nSPS) is 28.3. The van der Waals surface area contributed by atoms with Crippen molar-refractivity contribution in [3.05, 3.63) is 26.8 Å². The number of nitrogens with zero attached hydrogens (tertiary/aromatic N) is 2. The number of carbonyl (C=O) groups is 1. The molecule has 1 aromatic rings. The molecule has 0 N–H and O–H groups in total. The number of morpholine rings is 1. The summed E-state index contributed by atoms with van der Waals surface area (Å²) in [4.78, 5) is 20.3. The van der Waals surface area contributed by atoms with E-state index < -0.39 is 0 Å². The highest BCUT2D eigenvalue weighted by Gasteiger charge is 2.31. The van der Waals surface area contributed by atoms with Crippen LogP contribution in [0.4, 0.5) is 0 Å². The molecular formula is C15H18N2O2S2. The first kappa shape index (κ1) is 14.8. The Morgan fingerprint density at radius 3 is 2.71 bits per heavy atom. The van der Waals surface area contributed by atoms with Crippen LogP contribution in [0.3, 0.4) is 0 Å². The second-order valence-corrected chi connectivity index (χ2v) is 7.40. The summed E-state index contributed by atoms with van der Waals surface area (Å²) in [6, 6.07) is 2.06. The third kappa shape index (κ3) is 3.22. The molecule has 3 heterocycles. The van der Waals surface area contributed by atoms with Crippen LogP contribution in [-0.2, 0) is 9.53 Å². The van der Waals surface area contributed by atoms with Crippen LogP contribution in [0.2, 0.25) is 0 Å². The molecular weight excluding hydrogens is 304 g/mol. The summed E-state index contributed by atoms with van der Waals surface area (Å²) >= 11 is 3.12. The number of amidine groups is 1. The van der Waals surface area contributed by atoms with E-state index in [-0.39, 0.29) is 18.1 Å². The van der Waals surface area contributed by atoms with Crippen LogP contribution < -0.4 is 0 Å². The summed E-state index contributed by atoms with van der Waals surface area (Å²) in [5, 5.41) is 2.85. The fourth-order valence-corrected chi connectivity index (χ4v) is 4.37. The standard InChI is InChI=1S/C15H18N2O2S2/c1-9-4-5-20-12(9)6-13-14(18)16-15(21-13)17-7-10(2)19-11(3)8-17/h4-6,10-11H,7-8H2,1-3H3/b13-6-/t10-,11-/m0/s1. The molecule has 0 unspecified atom stereocenters. The lowest BCUT2D eigenvalue weighted by molar-refractivity contribution is -0.113. The lowest BCUT2D eigenvalue weighted by Gasteiger charge is -2.35. The number of thiophene rings is 1. The van der Waals surface area contributed by atoms with Gasteiger partial charge in [-0.3, -0.25) is 4.79 Å². The van der Waals surface area contributed by atoms with Crippen molar-refractivity contribution in [2.45, 2.75) is 33.0 Å². The SMILES string of the molecule is Cc1ccsc1/C=C1\SC(N2C[C@H](C)O[C@@H](C)C2)=NC1=O. The van der Waals surface area contributed by atoms with E-state index in [1.165, 1.54) is 17.3 Å². The highest BCUT2D eigenvalue weighted by molar-refractivity contribution is 8.18. The Morgan fingerprint density at radius 2 is 2.10 bits per heavy atom. The quantitative estimate of drug-likeness (QED) is 0.745. The zero-order valence-corrected chi connectivity index (χ0v) is 14.0. The Labute approximate surface area is 132 Å². The number of hydrogen-bond donors (Lipinski definition) is 0. The summed E-state index contributed by atoms with van der Waals surface area (Å²) < 4.78 is 5.73. The average Bonchev–Trinajstić information content (AvgIpc) is 2.97. The van der Waals surface area contributed by atoms with Crippen molar-refractivity contribution in [1.29, 1.82) is 0 Å². The van der Waals surface area contributed by atoms with Crippen molar-refractivity contribution in [3.63, 3.8) is 0 Å². The average molecular weight is 322 g/mol. The second kappa shape index (κ2) is 5.94. The molecule has 2 aliphatic rings. The Morgan fingerprint density at radius 1 is 1.38 bits per heavy atom. The second-order valence-electron chi connectivity index (χ2n) is 5.44. The first-order valence-electron chi connectivity index (χ1n) is 7.00. The van der Waals surface area contributed by atoms with Gasteiger partial charge in [-0.15, -0.1) is 11.3 Å². The summed E-state index contributed by atoms with van der Waals surface area (Å²) in [6.45, 7) is 7.73. The molecule has 1 aromatic heterocycles. The van der Waals surface area contributed by atoms with Crippen molar-refractivity contribution >= 4 is 40.2 Å². The molecule has 1 saturated heterocycles. The fourth-order valence-electron chi connectivity index (χ4n) is 2.52. The van der Waals surface area contributed by atoms with Crippen LogP contribution in [-0.4, -0.2) is 41.3 Å². The fraction of sp³-hybridized carbons (Fsp3) is 0.467. The lowest BCUT2D eigenvalue weighted by atomic mass is 10.2. The van der Waals surface area contributed by atoms with Crippen molar-refractivity contribution in [3.8, 4) is 0 Å². The third-order valence-electron chi connectivity index (χ3n) is 3.46. The zero-order chi connectivity index (χ0) is 15.0. The molecule has 4 nitrogen and oxygen atoms in total. The number of rotatable bonds is 1. The van der Waals surface area contributed by atoms with E-state index in [4.69, 9.17) is 4.74 Å². The van der Waals surface area contributed by atoms with Crippen molar-refractivity contribution in [2.75, 3.05) is 13.1 Å². The van der Waals surface area contributed by atoms with E-state index in [0.29, 0.717) is 4.91 Å². The van der Waals surface area contributed by atoms with E-state index in [9.17, 15) is 4.79 Å². The third-order valence-corrected chi connectivity index (χ3v) is 5.47. The number of ether oxygens (including phenoxy) is 1. The minimum absolute atomic E-state index is 0.130. The maximum Gasteiger partial charge on any atom is 0.286 e. The number of aliphatic imine (C=N–C) groups is 1. The van der Waals surface area contributed by atoms with Gasteiger partial charge in [0.25, 0.3) is 5.91 Å². The molecule has 6 heteroatoms. The van der Waals surface area contributed by atoms with E-state index in [2.05, 4.69) is 36.7 Å². The van der Waals surface area contributed by atoms with Gasteiger partial charge in [-0.25, -0.2) is 0 Å². The molecule has 3 rings (SSSR count). The van der Waals surface area contributed by atoms with Gasteiger partial charge in [0.15, 0.2) is 5.17 Å². The van der Waals surface area contributed by atoms with Crippen LogP contribution in [0, 0.1) is 6.92 Å². The Kier molecular flexibility index (Phi) is 4.19. The zero-order valence-electron chi connectivity index (χ0n) is 12.3. The van der Waals surface area contributed by atoms with Gasteiger partial charge in [0.05, 0.1) is 17.1 Å². The number of carbonyl (C=O) groups excluding carboxylic acids is 1. The molecule has 0 spiro atoms. The smallest absolute Gasteiger partial charge is 0.286 e. The Bertz CT molecular complexity index is 611. The largest absolute Gasteiger partial charge is 0.372 e. The van der Waals surface area contributed by atoms with Crippen LogP contribution >= 0.6 is 23.1 Å². The predicted molar refractivity (Wildman–Crippen MR) is 88.6 cm³/mol. The molecule has 0 radical (unpaired) electrons. The summed E-state index contributed by atoms with van der Waals surface area (Å²) in [5.74, 6) is -0.130. The Hall–Kier alpha value is -1.11. The minimum Gasteiger partial charge on any atom is -0.372 e. The molecule has 0 aliphatic carbocycles. The molecule has 0 bridgehead atoms. The van der Waals surface area contributed by atoms with Gasteiger partial charge in [0.1, 0.15) is 0 Å². The Balaban J connectivity index is 1.76. The van der Waals surface area contributed by atoms with E-state index >= 15 is 0 Å². The van der Waals surface area contributed by atoms with E-state index in [1.54, 1.807) is 11.3 Å². The molecule has 0 aromatic carbocycles. The molecule has 2 aliphatic heterocycles.